The van der Waals surface area contributed by atoms with Crippen LogP contribution in [0.2, 0.25) is 0 Å². The topological polar surface area (TPSA) is 84.9 Å². The predicted molar refractivity (Wildman–Crippen MR) is 109 cm³/mol. The summed E-state index contributed by atoms with van der Waals surface area (Å²) in [5, 5.41) is 2.82. The zero-order valence-electron chi connectivity index (χ0n) is 17.6. The van der Waals surface area contributed by atoms with Gasteiger partial charge in [0, 0.05) is 7.05 Å². The fourth-order valence-electron chi connectivity index (χ4n) is 3.50. The quantitative estimate of drug-likeness (QED) is 0.672. The molecule has 2 atom stereocenters. The SMILES string of the molecule is CCOC(=O)[C@@H](NC(=O)[C@H](C)N(C)C(=O)OCc1ccccc1)C1CCCCC1. The first-order valence-corrected chi connectivity index (χ1v) is 10.3. The maximum atomic E-state index is 12.8. The minimum absolute atomic E-state index is 0.0642. The Hall–Kier alpha value is -2.57. The van der Waals surface area contributed by atoms with Crippen molar-refractivity contribution in [2.24, 2.45) is 5.92 Å². The molecule has 1 aromatic carbocycles. The molecule has 0 heterocycles. The third-order valence-corrected chi connectivity index (χ3v) is 5.41. The van der Waals surface area contributed by atoms with Crippen LogP contribution in [-0.2, 0) is 25.7 Å². The second-order valence-electron chi connectivity index (χ2n) is 7.46. The lowest BCUT2D eigenvalue weighted by atomic mass is 9.83. The highest BCUT2D eigenvalue weighted by Crippen LogP contribution is 2.27. The summed E-state index contributed by atoms with van der Waals surface area (Å²) in [6.45, 7) is 3.75. The second kappa shape index (κ2) is 11.4. The fraction of sp³-hybridized carbons (Fsp3) is 0.591. The zero-order valence-corrected chi connectivity index (χ0v) is 17.6. The minimum Gasteiger partial charge on any atom is -0.464 e. The number of hydrogen-bond acceptors (Lipinski definition) is 5. The van der Waals surface area contributed by atoms with E-state index in [-0.39, 0.29) is 19.1 Å². The number of nitrogens with one attached hydrogen (secondary N) is 1. The Labute approximate surface area is 172 Å². The van der Waals surface area contributed by atoms with Gasteiger partial charge in [0.2, 0.25) is 5.91 Å². The van der Waals surface area contributed by atoms with Gasteiger partial charge in [-0.2, -0.15) is 0 Å². The molecule has 7 nitrogen and oxygen atoms in total. The molecule has 0 aliphatic heterocycles. The highest BCUT2D eigenvalue weighted by Gasteiger charge is 2.34. The van der Waals surface area contributed by atoms with E-state index in [0.717, 1.165) is 37.7 Å². The third-order valence-electron chi connectivity index (χ3n) is 5.41. The number of benzene rings is 1. The number of nitrogens with zero attached hydrogens (tertiary/aromatic N) is 1. The highest BCUT2D eigenvalue weighted by atomic mass is 16.6. The Balaban J connectivity index is 1.94. The zero-order chi connectivity index (χ0) is 21.2. The van der Waals surface area contributed by atoms with Crippen LogP contribution < -0.4 is 5.32 Å². The number of amides is 2. The van der Waals surface area contributed by atoms with Gasteiger partial charge in [-0.3, -0.25) is 9.69 Å². The predicted octanol–water partition coefficient (Wildman–Crippen LogP) is 3.27. The van der Waals surface area contributed by atoms with Gasteiger partial charge in [-0.05, 0) is 38.2 Å². The van der Waals surface area contributed by atoms with Crippen molar-refractivity contribution >= 4 is 18.0 Å². The first kappa shape index (κ1) is 22.7. The van der Waals surface area contributed by atoms with Gasteiger partial charge < -0.3 is 14.8 Å². The number of hydrogen-bond donors (Lipinski definition) is 1. The van der Waals surface area contributed by atoms with Crippen molar-refractivity contribution in [3.8, 4) is 0 Å². The summed E-state index contributed by atoms with van der Waals surface area (Å²) in [5.74, 6) is -0.740. The molecule has 2 amide bonds. The van der Waals surface area contributed by atoms with E-state index in [1.807, 2.05) is 30.3 Å². The molecule has 1 aliphatic carbocycles. The van der Waals surface area contributed by atoms with Crippen molar-refractivity contribution in [2.45, 2.75) is 64.6 Å². The molecular formula is C22H32N2O5. The average Bonchev–Trinajstić information content (AvgIpc) is 2.76. The molecule has 1 aromatic rings. The standard InChI is InChI=1S/C22H32N2O5/c1-4-28-21(26)19(18-13-9-6-10-14-18)23-20(25)16(2)24(3)22(27)29-15-17-11-7-5-8-12-17/h5,7-8,11-12,16,18-19H,4,6,9-10,13-15H2,1-3H3,(H,23,25)/t16-,19-/m0/s1. The van der Waals surface area contributed by atoms with Gasteiger partial charge in [0.25, 0.3) is 0 Å². The van der Waals surface area contributed by atoms with Gasteiger partial charge in [0.15, 0.2) is 0 Å². The van der Waals surface area contributed by atoms with Crippen molar-refractivity contribution in [1.29, 1.82) is 0 Å². The largest absolute Gasteiger partial charge is 0.464 e. The van der Waals surface area contributed by atoms with E-state index in [4.69, 9.17) is 9.47 Å². The molecule has 0 radical (unpaired) electrons. The van der Waals surface area contributed by atoms with E-state index >= 15 is 0 Å². The Bertz CT molecular complexity index is 673. The van der Waals surface area contributed by atoms with Crippen molar-refractivity contribution in [2.75, 3.05) is 13.7 Å². The monoisotopic (exact) mass is 404 g/mol. The van der Waals surface area contributed by atoms with Gasteiger partial charge in [0.1, 0.15) is 18.7 Å². The molecule has 1 N–H and O–H groups in total. The number of carbonyl (C=O) groups is 3. The van der Waals surface area contributed by atoms with Gasteiger partial charge in [-0.25, -0.2) is 9.59 Å². The summed E-state index contributed by atoms with van der Waals surface area (Å²) < 4.78 is 10.5. The van der Waals surface area contributed by atoms with Gasteiger partial charge >= 0.3 is 12.1 Å². The van der Waals surface area contributed by atoms with Crippen LogP contribution >= 0.6 is 0 Å². The Morgan fingerprint density at radius 2 is 1.76 bits per heavy atom. The lowest BCUT2D eigenvalue weighted by Gasteiger charge is -2.31. The van der Waals surface area contributed by atoms with Crippen LogP contribution in [-0.4, -0.2) is 48.6 Å². The molecule has 29 heavy (non-hydrogen) atoms. The average molecular weight is 405 g/mol. The third kappa shape index (κ3) is 6.76. The summed E-state index contributed by atoms with van der Waals surface area (Å²) >= 11 is 0. The number of esters is 1. The van der Waals surface area contributed by atoms with Crippen LogP contribution in [0.4, 0.5) is 4.79 Å². The maximum Gasteiger partial charge on any atom is 0.410 e. The summed E-state index contributed by atoms with van der Waals surface area (Å²) in [6, 6.07) is 7.87. The van der Waals surface area contributed by atoms with E-state index in [9.17, 15) is 14.4 Å². The molecule has 1 fully saturated rings. The van der Waals surface area contributed by atoms with Crippen LogP contribution in [0.15, 0.2) is 30.3 Å². The van der Waals surface area contributed by atoms with Gasteiger partial charge in [-0.15, -0.1) is 0 Å². The van der Waals surface area contributed by atoms with Crippen molar-refractivity contribution in [1.82, 2.24) is 10.2 Å². The molecule has 1 aliphatic rings. The summed E-state index contributed by atoms with van der Waals surface area (Å²) in [7, 11) is 1.51. The van der Waals surface area contributed by atoms with E-state index in [2.05, 4.69) is 5.32 Å². The van der Waals surface area contributed by atoms with E-state index in [0.29, 0.717) is 0 Å². The molecule has 0 unspecified atom stereocenters. The smallest absolute Gasteiger partial charge is 0.410 e. The molecule has 0 saturated heterocycles. The lowest BCUT2D eigenvalue weighted by Crippen LogP contribution is -2.53. The van der Waals surface area contributed by atoms with Crippen LogP contribution in [0.1, 0.15) is 51.5 Å². The number of carbonyl (C=O) groups excluding carboxylic acids is 3. The molecule has 2 rings (SSSR count). The molecular weight excluding hydrogens is 372 g/mol. The first-order valence-electron chi connectivity index (χ1n) is 10.3. The van der Waals surface area contributed by atoms with Crippen LogP contribution in [0.5, 0.6) is 0 Å². The number of likely N-dealkylation sites (N-methyl/N-ethyl adjacent to an activating group) is 1. The van der Waals surface area contributed by atoms with E-state index in [1.54, 1.807) is 13.8 Å². The first-order chi connectivity index (χ1) is 13.9. The molecule has 160 valence electrons. The fourth-order valence-corrected chi connectivity index (χ4v) is 3.50. The molecule has 0 aromatic heterocycles. The highest BCUT2D eigenvalue weighted by molar-refractivity contribution is 5.89. The van der Waals surface area contributed by atoms with Gasteiger partial charge in [-0.1, -0.05) is 49.6 Å². The Kier molecular flexibility index (Phi) is 8.96. The van der Waals surface area contributed by atoms with Gasteiger partial charge in [0.05, 0.1) is 6.61 Å². The Morgan fingerprint density at radius 1 is 1.10 bits per heavy atom. The molecule has 0 spiro atoms. The number of rotatable bonds is 8. The molecule has 1 saturated carbocycles. The van der Waals surface area contributed by atoms with Crippen LogP contribution in [0, 0.1) is 5.92 Å². The summed E-state index contributed by atoms with van der Waals surface area (Å²) in [4.78, 5) is 38.7. The van der Waals surface area contributed by atoms with Crippen molar-refractivity contribution < 1.29 is 23.9 Å². The van der Waals surface area contributed by atoms with Crippen LogP contribution in [0.25, 0.3) is 0 Å². The summed E-state index contributed by atoms with van der Waals surface area (Å²) in [5.41, 5.74) is 0.867. The normalized spacial score (nSPS) is 16.4. The van der Waals surface area contributed by atoms with E-state index in [1.165, 1.54) is 11.9 Å². The van der Waals surface area contributed by atoms with Crippen molar-refractivity contribution in [3.05, 3.63) is 35.9 Å². The Morgan fingerprint density at radius 3 is 2.38 bits per heavy atom. The molecule has 0 bridgehead atoms. The summed E-state index contributed by atoms with van der Waals surface area (Å²) in [6.07, 6.45) is 4.39. The molecule has 7 heteroatoms. The lowest BCUT2D eigenvalue weighted by molar-refractivity contribution is -0.150. The number of ether oxygens (including phenoxy) is 2. The minimum atomic E-state index is -0.779. The maximum absolute atomic E-state index is 12.8. The van der Waals surface area contributed by atoms with Crippen molar-refractivity contribution in [3.63, 3.8) is 0 Å². The van der Waals surface area contributed by atoms with Crippen LogP contribution in [0.3, 0.4) is 0 Å². The second-order valence-corrected chi connectivity index (χ2v) is 7.46. The van der Waals surface area contributed by atoms with E-state index < -0.39 is 30.1 Å².